The number of ether oxygens (including phenoxy) is 2. The number of aryl methyl sites for hydroxylation is 1. The standard InChI is InChI=1S/C27H28N6O6/c1-5-32(14-15-39-27(35)19(3)34)22-10-6-20(7-11-22)28-30-24-17-26(38-4)25(16-18(24)2)31-29-21-8-12-23(13-9-21)33(36)37/h6-13,16-17H,5,14-15H2,1-4H3/b30-28+,31-29+. The number of nitrogens with zero attached hydrogens (tertiary/aromatic N) is 6. The molecule has 0 fully saturated rings. The van der Waals surface area contributed by atoms with E-state index in [1.165, 1.54) is 38.3 Å². The van der Waals surface area contributed by atoms with Crippen molar-refractivity contribution < 1.29 is 24.0 Å². The van der Waals surface area contributed by atoms with E-state index >= 15 is 0 Å². The van der Waals surface area contributed by atoms with Gasteiger partial charge in [0, 0.05) is 37.4 Å². The quantitative estimate of drug-likeness (QED) is 0.0828. The van der Waals surface area contributed by atoms with E-state index in [2.05, 4.69) is 20.5 Å². The molecule has 0 saturated carbocycles. The minimum atomic E-state index is -0.839. The topological polar surface area (TPSA) is 148 Å². The van der Waals surface area contributed by atoms with Gasteiger partial charge in [-0.15, -0.1) is 5.11 Å². The minimum Gasteiger partial charge on any atom is -0.494 e. The molecule has 0 bridgehead atoms. The van der Waals surface area contributed by atoms with E-state index in [0.29, 0.717) is 41.6 Å². The molecule has 0 spiro atoms. The first-order valence-corrected chi connectivity index (χ1v) is 12.0. The highest BCUT2D eigenvalue weighted by atomic mass is 16.6. The van der Waals surface area contributed by atoms with Crippen molar-refractivity contribution in [1.82, 2.24) is 0 Å². The van der Waals surface area contributed by atoms with Gasteiger partial charge in [-0.3, -0.25) is 14.9 Å². The fraction of sp³-hybridized carbons (Fsp3) is 0.259. The average Bonchev–Trinajstić information content (AvgIpc) is 2.94. The number of non-ortho nitro benzene ring substituents is 1. The Morgan fingerprint density at radius 3 is 2.05 bits per heavy atom. The van der Waals surface area contributed by atoms with Gasteiger partial charge in [-0.25, -0.2) is 4.79 Å². The van der Waals surface area contributed by atoms with Gasteiger partial charge in [-0.1, -0.05) is 0 Å². The molecule has 0 N–H and O–H groups in total. The highest BCUT2D eigenvalue weighted by Gasteiger charge is 2.11. The predicted octanol–water partition coefficient (Wildman–Crippen LogP) is 6.70. The van der Waals surface area contributed by atoms with Crippen molar-refractivity contribution >= 4 is 45.9 Å². The number of ketones is 1. The van der Waals surface area contributed by atoms with Crippen LogP contribution in [-0.4, -0.2) is 43.5 Å². The van der Waals surface area contributed by atoms with Crippen molar-refractivity contribution in [2.75, 3.05) is 31.7 Å². The van der Waals surface area contributed by atoms with E-state index < -0.39 is 16.7 Å². The molecule has 0 aliphatic rings. The molecule has 202 valence electrons. The molecule has 3 aromatic rings. The molecule has 12 heteroatoms. The number of carbonyl (C=O) groups excluding carboxylic acids is 2. The van der Waals surface area contributed by atoms with Crippen molar-refractivity contribution in [1.29, 1.82) is 0 Å². The molecule has 0 saturated heterocycles. The van der Waals surface area contributed by atoms with Crippen LogP contribution < -0.4 is 9.64 Å². The molecule has 3 rings (SSSR count). The smallest absolute Gasteiger partial charge is 0.374 e. The van der Waals surface area contributed by atoms with Crippen LogP contribution >= 0.6 is 0 Å². The molecule has 3 aromatic carbocycles. The lowest BCUT2D eigenvalue weighted by Gasteiger charge is -2.22. The number of benzene rings is 3. The maximum absolute atomic E-state index is 11.3. The SMILES string of the molecule is CCN(CCOC(=O)C(C)=O)c1ccc(/N=N/c2cc(OC)c(/N=N/c3ccc([N+](=O)[O-])cc3)cc2C)cc1. The summed E-state index contributed by atoms with van der Waals surface area (Å²) in [7, 11) is 1.51. The Morgan fingerprint density at radius 2 is 1.51 bits per heavy atom. The van der Waals surface area contributed by atoms with Gasteiger partial charge >= 0.3 is 5.97 Å². The summed E-state index contributed by atoms with van der Waals surface area (Å²) in [6.07, 6.45) is 0. The third-order valence-corrected chi connectivity index (χ3v) is 5.58. The second-order valence-electron chi connectivity index (χ2n) is 8.27. The first-order chi connectivity index (χ1) is 18.7. The van der Waals surface area contributed by atoms with Gasteiger partial charge in [0.25, 0.3) is 5.69 Å². The van der Waals surface area contributed by atoms with Crippen LogP contribution in [0.4, 0.5) is 34.1 Å². The van der Waals surface area contributed by atoms with Crippen molar-refractivity contribution in [3.8, 4) is 5.75 Å². The number of anilines is 1. The number of hydrogen-bond donors (Lipinski definition) is 0. The van der Waals surface area contributed by atoms with Crippen molar-refractivity contribution in [3.05, 3.63) is 76.3 Å². The number of nitro groups is 1. The number of Topliss-reactive ketones (excluding diaryl/α,β-unsaturated/α-hetero) is 1. The molecular weight excluding hydrogens is 504 g/mol. The Hall–Kier alpha value is -5.00. The van der Waals surface area contributed by atoms with Gasteiger partial charge in [0.15, 0.2) is 0 Å². The molecule has 0 radical (unpaired) electrons. The second-order valence-corrected chi connectivity index (χ2v) is 8.27. The molecule has 0 aliphatic carbocycles. The fourth-order valence-electron chi connectivity index (χ4n) is 3.43. The molecule has 0 aromatic heterocycles. The monoisotopic (exact) mass is 532 g/mol. The Morgan fingerprint density at radius 1 is 0.923 bits per heavy atom. The van der Waals surface area contributed by atoms with Crippen LogP contribution in [0.25, 0.3) is 0 Å². The number of methoxy groups -OCH3 is 1. The zero-order valence-electron chi connectivity index (χ0n) is 22.0. The Kier molecular flexibility index (Phi) is 9.90. The maximum Gasteiger partial charge on any atom is 0.374 e. The highest BCUT2D eigenvalue weighted by Crippen LogP contribution is 2.36. The van der Waals surface area contributed by atoms with Gasteiger partial charge in [0.1, 0.15) is 18.0 Å². The number of carbonyl (C=O) groups is 2. The van der Waals surface area contributed by atoms with Crippen molar-refractivity contribution in [2.24, 2.45) is 20.5 Å². The maximum atomic E-state index is 11.3. The molecule has 0 unspecified atom stereocenters. The minimum absolute atomic E-state index is 0.0251. The third-order valence-electron chi connectivity index (χ3n) is 5.58. The molecule has 0 heterocycles. The summed E-state index contributed by atoms with van der Waals surface area (Å²) < 4.78 is 10.4. The van der Waals surface area contributed by atoms with Crippen LogP contribution in [0.15, 0.2) is 81.1 Å². The third kappa shape index (κ3) is 7.99. The van der Waals surface area contributed by atoms with E-state index in [1.54, 1.807) is 12.1 Å². The molecule has 0 atom stereocenters. The lowest BCUT2D eigenvalue weighted by Crippen LogP contribution is -2.28. The lowest BCUT2D eigenvalue weighted by molar-refractivity contribution is -0.384. The van der Waals surface area contributed by atoms with Gasteiger partial charge in [0.05, 0.1) is 35.6 Å². The van der Waals surface area contributed by atoms with Crippen LogP contribution in [0.3, 0.4) is 0 Å². The number of esters is 1. The van der Waals surface area contributed by atoms with E-state index in [-0.39, 0.29) is 12.3 Å². The normalized spacial score (nSPS) is 11.1. The van der Waals surface area contributed by atoms with Gasteiger partial charge < -0.3 is 14.4 Å². The van der Waals surface area contributed by atoms with Crippen LogP contribution in [0.5, 0.6) is 5.75 Å². The zero-order chi connectivity index (χ0) is 28.4. The van der Waals surface area contributed by atoms with E-state index in [9.17, 15) is 19.7 Å². The summed E-state index contributed by atoms with van der Waals surface area (Å²) >= 11 is 0. The molecule has 0 amide bonds. The van der Waals surface area contributed by atoms with Crippen LogP contribution in [0.2, 0.25) is 0 Å². The molecule has 0 aliphatic heterocycles. The van der Waals surface area contributed by atoms with Crippen LogP contribution in [0, 0.1) is 17.0 Å². The first kappa shape index (κ1) is 28.6. The first-order valence-electron chi connectivity index (χ1n) is 12.0. The second kappa shape index (κ2) is 13.5. The van der Waals surface area contributed by atoms with Gasteiger partial charge in [-0.2, -0.15) is 15.3 Å². The summed E-state index contributed by atoms with van der Waals surface area (Å²) in [5, 5.41) is 27.9. The largest absolute Gasteiger partial charge is 0.494 e. The summed E-state index contributed by atoms with van der Waals surface area (Å²) in [4.78, 5) is 34.7. The Labute approximate surface area is 225 Å². The van der Waals surface area contributed by atoms with E-state index in [4.69, 9.17) is 9.47 Å². The average molecular weight is 533 g/mol. The number of azo groups is 2. The van der Waals surface area contributed by atoms with Crippen LogP contribution in [-0.2, 0) is 14.3 Å². The van der Waals surface area contributed by atoms with Crippen molar-refractivity contribution in [2.45, 2.75) is 20.8 Å². The number of hydrogen-bond acceptors (Lipinski definition) is 11. The van der Waals surface area contributed by atoms with Gasteiger partial charge in [-0.05, 0) is 61.9 Å². The number of rotatable bonds is 12. The summed E-state index contributed by atoms with van der Waals surface area (Å²) in [5.41, 5.74) is 3.85. The molecular formula is C27H28N6O6. The van der Waals surface area contributed by atoms with Crippen LogP contribution in [0.1, 0.15) is 19.4 Å². The van der Waals surface area contributed by atoms with E-state index in [0.717, 1.165) is 11.3 Å². The summed E-state index contributed by atoms with van der Waals surface area (Å²) in [6, 6.07) is 16.6. The predicted molar refractivity (Wildman–Crippen MR) is 145 cm³/mol. The Balaban J connectivity index is 1.69. The lowest BCUT2D eigenvalue weighted by atomic mass is 10.1. The van der Waals surface area contributed by atoms with Crippen molar-refractivity contribution in [3.63, 3.8) is 0 Å². The molecule has 12 nitrogen and oxygen atoms in total. The van der Waals surface area contributed by atoms with Gasteiger partial charge in [0.2, 0.25) is 5.78 Å². The zero-order valence-corrected chi connectivity index (χ0v) is 22.0. The summed E-state index contributed by atoms with van der Waals surface area (Å²) in [6.45, 7) is 6.26. The fourth-order valence-corrected chi connectivity index (χ4v) is 3.43. The highest BCUT2D eigenvalue weighted by molar-refractivity contribution is 6.32. The Bertz CT molecular complexity index is 1390. The molecule has 39 heavy (non-hydrogen) atoms. The number of nitro benzene ring substituents is 1. The number of likely N-dealkylation sites (N-methyl/N-ethyl adjacent to an activating group) is 1. The summed E-state index contributed by atoms with van der Waals surface area (Å²) in [5.74, 6) is -1.02. The van der Waals surface area contributed by atoms with E-state index in [1.807, 2.05) is 43.0 Å².